The zero-order valence-electron chi connectivity index (χ0n) is 10.9. The fraction of sp³-hybridized carbons (Fsp3) is 0.308. The molecule has 1 N–H and O–H groups in total. The molecule has 20 heavy (non-hydrogen) atoms. The third-order valence-electron chi connectivity index (χ3n) is 2.95. The molecule has 0 unspecified atom stereocenters. The molecule has 0 aliphatic carbocycles. The maximum absolute atomic E-state index is 11.9. The fourth-order valence-corrected chi connectivity index (χ4v) is 3.84. The van der Waals surface area contributed by atoms with Crippen LogP contribution in [-0.2, 0) is 9.59 Å². The molecule has 1 aromatic carbocycles. The van der Waals surface area contributed by atoms with Gasteiger partial charge in [0, 0.05) is 0 Å². The molecule has 2 amide bonds. The first kappa shape index (κ1) is 13.4. The van der Waals surface area contributed by atoms with E-state index in [9.17, 15) is 9.59 Å². The molecule has 2 heterocycles. The van der Waals surface area contributed by atoms with Gasteiger partial charge in [0.05, 0.1) is 21.8 Å². The lowest BCUT2D eigenvalue weighted by Gasteiger charge is -2.12. The number of rotatable bonds is 3. The first-order chi connectivity index (χ1) is 9.61. The van der Waals surface area contributed by atoms with Gasteiger partial charge < -0.3 is 10.2 Å². The monoisotopic (exact) mass is 307 g/mol. The number of aromatic nitrogens is 1. The van der Waals surface area contributed by atoms with Crippen molar-refractivity contribution in [3.63, 3.8) is 0 Å². The van der Waals surface area contributed by atoms with Crippen LogP contribution in [0.25, 0.3) is 10.2 Å². The van der Waals surface area contributed by atoms with Crippen LogP contribution < -0.4 is 5.32 Å². The molecule has 0 bridgehead atoms. The molecule has 0 spiro atoms. The van der Waals surface area contributed by atoms with E-state index in [4.69, 9.17) is 0 Å². The number of hydrogen-bond donors (Lipinski definition) is 1. The van der Waals surface area contributed by atoms with E-state index in [0.717, 1.165) is 10.2 Å². The summed E-state index contributed by atoms with van der Waals surface area (Å²) >= 11 is 2.97. The van der Waals surface area contributed by atoms with Crippen LogP contribution in [0.4, 0.5) is 5.13 Å². The number of nitrogens with one attached hydrogen (secondary N) is 1. The van der Waals surface area contributed by atoms with E-state index >= 15 is 0 Å². The van der Waals surface area contributed by atoms with E-state index in [-0.39, 0.29) is 18.4 Å². The number of thiazole rings is 1. The molecule has 5 nitrogen and oxygen atoms in total. The van der Waals surface area contributed by atoms with Crippen LogP contribution in [0.15, 0.2) is 18.2 Å². The lowest BCUT2D eigenvalue weighted by molar-refractivity contribution is -0.130. The molecule has 0 saturated carbocycles. The number of nitrogens with zero attached hydrogens (tertiary/aromatic N) is 2. The van der Waals surface area contributed by atoms with E-state index in [1.807, 2.05) is 25.1 Å². The molecule has 1 aliphatic heterocycles. The van der Waals surface area contributed by atoms with E-state index in [1.54, 1.807) is 4.90 Å². The van der Waals surface area contributed by atoms with Crippen molar-refractivity contribution in [1.29, 1.82) is 0 Å². The first-order valence-corrected chi connectivity index (χ1v) is 8.11. The van der Waals surface area contributed by atoms with Crippen LogP contribution in [-0.4, -0.2) is 39.9 Å². The molecule has 7 heteroatoms. The fourth-order valence-electron chi connectivity index (χ4n) is 1.96. The minimum absolute atomic E-state index is 0.0186. The van der Waals surface area contributed by atoms with Crippen LogP contribution in [0, 0.1) is 6.92 Å². The maximum Gasteiger partial charge on any atom is 0.245 e. The van der Waals surface area contributed by atoms with E-state index < -0.39 is 0 Å². The van der Waals surface area contributed by atoms with Crippen molar-refractivity contribution in [2.75, 3.05) is 23.5 Å². The third kappa shape index (κ3) is 2.78. The Hall–Kier alpha value is -1.60. The molecule has 1 aliphatic rings. The van der Waals surface area contributed by atoms with Crippen LogP contribution in [0.3, 0.4) is 0 Å². The Morgan fingerprint density at radius 3 is 3.10 bits per heavy atom. The van der Waals surface area contributed by atoms with Crippen molar-refractivity contribution in [2.24, 2.45) is 0 Å². The minimum Gasteiger partial charge on any atom is -0.323 e. The average molecular weight is 307 g/mol. The first-order valence-electron chi connectivity index (χ1n) is 6.14. The number of thioether (sulfide) groups is 1. The van der Waals surface area contributed by atoms with Gasteiger partial charge in [-0.2, -0.15) is 0 Å². The van der Waals surface area contributed by atoms with Crippen LogP contribution in [0.2, 0.25) is 0 Å². The molecule has 104 valence electrons. The molecule has 0 atom stereocenters. The van der Waals surface area contributed by atoms with Gasteiger partial charge in [-0.3, -0.25) is 9.59 Å². The molecule has 1 saturated heterocycles. The van der Waals surface area contributed by atoms with Gasteiger partial charge in [0.2, 0.25) is 11.8 Å². The van der Waals surface area contributed by atoms with Gasteiger partial charge in [-0.25, -0.2) is 4.98 Å². The Morgan fingerprint density at radius 1 is 1.50 bits per heavy atom. The van der Waals surface area contributed by atoms with Crippen molar-refractivity contribution in [2.45, 2.75) is 6.92 Å². The van der Waals surface area contributed by atoms with E-state index in [0.29, 0.717) is 16.8 Å². The van der Waals surface area contributed by atoms with Crippen LogP contribution in [0.5, 0.6) is 0 Å². The standard InChI is InChI=1S/C13H13N3O2S2/c1-8-2-3-9-10(4-8)20-13(14-9)15-11(17)5-16-7-19-6-12(16)18/h2-4H,5-7H2,1H3,(H,14,15,17). The second-order valence-corrected chi connectivity index (χ2v) is 6.59. The lowest BCUT2D eigenvalue weighted by atomic mass is 10.2. The normalized spacial score (nSPS) is 15.1. The zero-order valence-corrected chi connectivity index (χ0v) is 12.5. The number of carbonyl (C=O) groups is 2. The third-order valence-corrected chi connectivity index (χ3v) is 4.83. The highest BCUT2D eigenvalue weighted by molar-refractivity contribution is 8.00. The summed E-state index contributed by atoms with van der Waals surface area (Å²) in [5.41, 5.74) is 2.04. The molecule has 3 rings (SSSR count). The number of carbonyl (C=O) groups excluding carboxylic acids is 2. The van der Waals surface area contributed by atoms with Crippen LogP contribution in [0.1, 0.15) is 5.56 Å². The maximum atomic E-state index is 11.9. The highest BCUT2D eigenvalue weighted by atomic mass is 32.2. The highest BCUT2D eigenvalue weighted by Gasteiger charge is 2.23. The Bertz CT molecular complexity index is 683. The van der Waals surface area contributed by atoms with Crippen LogP contribution >= 0.6 is 23.1 Å². The summed E-state index contributed by atoms with van der Waals surface area (Å²) in [6.45, 7) is 2.12. The molecule has 1 fully saturated rings. The second kappa shape index (κ2) is 5.41. The predicted molar refractivity (Wildman–Crippen MR) is 82.0 cm³/mol. The minimum atomic E-state index is -0.198. The molecular formula is C13H13N3O2S2. The smallest absolute Gasteiger partial charge is 0.245 e. The number of fused-ring (bicyclic) bond motifs is 1. The Balaban J connectivity index is 1.69. The highest BCUT2D eigenvalue weighted by Crippen LogP contribution is 2.26. The second-order valence-electron chi connectivity index (χ2n) is 4.61. The number of benzene rings is 1. The molecule has 1 aromatic heterocycles. The van der Waals surface area contributed by atoms with Gasteiger partial charge in [-0.1, -0.05) is 17.4 Å². The summed E-state index contributed by atoms with van der Waals surface area (Å²) in [5.74, 6) is 0.876. The van der Waals surface area contributed by atoms with E-state index in [1.165, 1.54) is 28.7 Å². The van der Waals surface area contributed by atoms with Crippen molar-refractivity contribution >= 4 is 50.3 Å². The predicted octanol–water partition coefficient (Wildman–Crippen LogP) is 2.08. The molecule has 0 radical (unpaired) electrons. The topological polar surface area (TPSA) is 62.3 Å². The number of amides is 2. The van der Waals surface area contributed by atoms with Gasteiger partial charge in [-0.05, 0) is 24.6 Å². The lowest BCUT2D eigenvalue weighted by Crippen LogP contribution is -2.34. The molecular weight excluding hydrogens is 294 g/mol. The molecule has 2 aromatic rings. The van der Waals surface area contributed by atoms with Crippen molar-refractivity contribution in [3.05, 3.63) is 23.8 Å². The van der Waals surface area contributed by atoms with Crippen molar-refractivity contribution < 1.29 is 9.59 Å². The summed E-state index contributed by atoms with van der Waals surface area (Å²) in [5, 5.41) is 3.34. The van der Waals surface area contributed by atoms with Gasteiger partial charge >= 0.3 is 0 Å². The Labute approximate surface area is 124 Å². The number of hydrogen-bond acceptors (Lipinski definition) is 5. The summed E-state index contributed by atoms with van der Waals surface area (Å²) in [6, 6.07) is 5.98. The summed E-state index contributed by atoms with van der Waals surface area (Å²) < 4.78 is 1.05. The Kier molecular flexibility index (Phi) is 3.62. The summed E-state index contributed by atoms with van der Waals surface area (Å²) in [6.07, 6.45) is 0. The summed E-state index contributed by atoms with van der Waals surface area (Å²) in [4.78, 5) is 29.3. The van der Waals surface area contributed by atoms with Crippen molar-refractivity contribution in [3.8, 4) is 0 Å². The summed E-state index contributed by atoms with van der Waals surface area (Å²) in [7, 11) is 0. The zero-order chi connectivity index (χ0) is 14.1. The number of anilines is 1. The van der Waals surface area contributed by atoms with Gasteiger partial charge in [-0.15, -0.1) is 11.8 Å². The Morgan fingerprint density at radius 2 is 2.35 bits per heavy atom. The van der Waals surface area contributed by atoms with Gasteiger partial charge in [0.25, 0.3) is 0 Å². The quantitative estimate of drug-likeness (QED) is 0.943. The SMILES string of the molecule is Cc1ccc2nc(NC(=O)CN3CSCC3=O)sc2c1. The average Bonchev–Trinajstić information content (AvgIpc) is 2.95. The van der Waals surface area contributed by atoms with Crippen molar-refractivity contribution in [1.82, 2.24) is 9.88 Å². The van der Waals surface area contributed by atoms with Gasteiger partial charge in [0.15, 0.2) is 5.13 Å². The number of aryl methyl sites for hydroxylation is 1. The van der Waals surface area contributed by atoms with Gasteiger partial charge in [0.1, 0.15) is 6.54 Å². The van der Waals surface area contributed by atoms with E-state index in [2.05, 4.69) is 10.3 Å². The largest absolute Gasteiger partial charge is 0.323 e.